The largest absolute Gasteiger partial charge is 0.479 e. The van der Waals surface area contributed by atoms with E-state index in [1.54, 1.807) is 24.3 Å². The van der Waals surface area contributed by atoms with Crippen LogP contribution in [-0.2, 0) is 6.54 Å². The van der Waals surface area contributed by atoms with Gasteiger partial charge >= 0.3 is 5.97 Å². The molecule has 0 radical (unpaired) electrons. The number of nitrogens with one attached hydrogen (secondary N) is 1. The molecule has 0 aromatic heterocycles. The molecule has 5 heteroatoms. The first-order valence-corrected chi connectivity index (χ1v) is 6.35. The van der Waals surface area contributed by atoms with Gasteiger partial charge in [0, 0.05) is 12.2 Å². The molecule has 0 unspecified atom stereocenters. The van der Waals surface area contributed by atoms with Crippen molar-refractivity contribution < 1.29 is 14.6 Å². The Morgan fingerprint density at radius 2 is 1.81 bits per heavy atom. The van der Waals surface area contributed by atoms with Crippen molar-refractivity contribution in [3.8, 4) is 11.8 Å². The van der Waals surface area contributed by atoms with Gasteiger partial charge in [0.1, 0.15) is 11.8 Å². The molecule has 5 nitrogen and oxygen atoms in total. The molecular formula is C16H14N2O3. The third kappa shape index (κ3) is 4.25. The second kappa shape index (κ2) is 6.96. The summed E-state index contributed by atoms with van der Waals surface area (Å²) in [5, 5.41) is 20.4. The summed E-state index contributed by atoms with van der Waals surface area (Å²) in [5.74, 6) is -0.277. The number of carboxylic acids is 1. The van der Waals surface area contributed by atoms with Gasteiger partial charge in [-0.15, -0.1) is 0 Å². The van der Waals surface area contributed by atoms with Crippen LogP contribution in [0.15, 0.2) is 48.5 Å². The van der Waals surface area contributed by atoms with Gasteiger partial charge < -0.3 is 15.2 Å². The first-order chi connectivity index (χ1) is 10.2. The Balaban J connectivity index is 1.90. The molecule has 0 saturated carbocycles. The SMILES string of the molecule is N#CCOc1ccc(CNc2ccc(C(=O)O)cc2)cc1. The number of nitriles is 1. The van der Waals surface area contributed by atoms with Crippen molar-refractivity contribution >= 4 is 11.7 Å². The summed E-state index contributed by atoms with van der Waals surface area (Å²) in [7, 11) is 0. The zero-order valence-corrected chi connectivity index (χ0v) is 11.2. The van der Waals surface area contributed by atoms with Crippen LogP contribution in [0, 0.1) is 11.3 Å². The van der Waals surface area contributed by atoms with E-state index in [9.17, 15) is 4.79 Å². The molecule has 0 aliphatic carbocycles. The number of ether oxygens (including phenoxy) is 1. The van der Waals surface area contributed by atoms with Gasteiger partial charge in [0.15, 0.2) is 6.61 Å². The Bertz CT molecular complexity index is 643. The van der Waals surface area contributed by atoms with Crippen LogP contribution in [0.5, 0.6) is 5.75 Å². The van der Waals surface area contributed by atoms with E-state index in [-0.39, 0.29) is 12.2 Å². The highest BCUT2D eigenvalue weighted by atomic mass is 16.5. The van der Waals surface area contributed by atoms with E-state index < -0.39 is 5.97 Å². The van der Waals surface area contributed by atoms with Crippen LogP contribution < -0.4 is 10.1 Å². The summed E-state index contributed by atoms with van der Waals surface area (Å²) in [6, 6.07) is 15.9. The molecule has 2 aromatic rings. The van der Waals surface area contributed by atoms with Gasteiger partial charge in [0.25, 0.3) is 0 Å². The number of anilines is 1. The highest BCUT2D eigenvalue weighted by Crippen LogP contribution is 2.14. The maximum atomic E-state index is 10.7. The molecule has 2 N–H and O–H groups in total. The highest BCUT2D eigenvalue weighted by molar-refractivity contribution is 5.87. The second-order valence-corrected chi connectivity index (χ2v) is 4.33. The van der Waals surface area contributed by atoms with E-state index in [1.165, 1.54) is 0 Å². The fourth-order valence-electron chi connectivity index (χ4n) is 1.75. The average molecular weight is 282 g/mol. The highest BCUT2D eigenvalue weighted by Gasteiger charge is 2.01. The maximum absolute atomic E-state index is 10.7. The van der Waals surface area contributed by atoms with Gasteiger partial charge in [0.2, 0.25) is 0 Å². The van der Waals surface area contributed by atoms with Gasteiger partial charge in [-0.2, -0.15) is 5.26 Å². The lowest BCUT2D eigenvalue weighted by molar-refractivity contribution is 0.0697. The first kappa shape index (κ1) is 14.4. The Morgan fingerprint density at radius 3 is 2.38 bits per heavy atom. The predicted molar refractivity (Wildman–Crippen MR) is 78.3 cm³/mol. The number of nitrogens with zero attached hydrogens (tertiary/aromatic N) is 1. The van der Waals surface area contributed by atoms with E-state index in [1.807, 2.05) is 30.3 Å². The van der Waals surface area contributed by atoms with Gasteiger partial charge in [0.05, 0.1) is 5.56 Å². The minimum atomic E-state index is -0.936. The second-order valence-electron chi connectivity index (χ2n) is 4.33. The monoisotopic (exact) mass is 282 g/mol. The Labute approximate surface area is 122 Å². The molecule has 21 heavy (non-hydrogen) atoms. The maximum Gasteiger partial charge on any atom is 0.335 e. The van der Waals surface area contributed by atoms with Crippen LogP contribution in [-0.4, -0.2) is 17.7 Å². The van der Waals surface area contributed by atoms with Crippen molar-refractivity contribution in [2.45, 2.75) is 6.54 Å². The number of hydrogen-bond acceptors (Lipinski definition) is 4. The molecule has 0 fully saturated rings. The van der Waals surface area contributed by atoms with Crippen molar-refractivity contribution in [3.63, 3.8) is 0 Å². The lowest BCUT2D eigenvalue weighted by Crippen LogP contribution is -2.01. The summed E-state index contributed by atoms with van der Waals surface area (Å²) < 4.78 is 5.17. The van der Waals surface area contributed by atoms with E-state index in [0.717, 1.165) is 11.3 Å². The molecule has 2 rings (SSSR count). The molecule has 0 amide bonds. The topological polar surface area (TPSA) is 82.3 Å². The fourth-order valence-corrected chi connectivity index (χ4v) is 1.75. The zero-order chi connectivity index (χ0) is 15.1. The van der Waals surface area contributed by atoms with Gasteiger partial charge in [-0.1, -0.05) is 12.1 Å². The normalized spacial score (nSPS) is 9.67. The summed E-state index contributed by atoms with van der Waals surface area (Å²) in [5.41, 5.74) is 2.17. The fraction of sp³-hybridized carbons (Fsp3) is 0.125. The third-order valence-electron chi connectivity index (χ3n) is 2.86. The van der Waals surface area contributed by atoms with Crippen LogP contribution in [0.3, 0.4) is 0 Å². The summed E-state index contributed by atoms with van der Waals surface area (Å²) in [6.45, 7) is 0.651. The Morgan fingerprint density at radius 1 is 1.14 bits per heavy atom. The smallest absolute Gasteiger partial charge is 0.335 e. The number of carboxylic acid groups (broad SMARTS) is 1. The zero-order valence-electron chi connectivity index (χ0n) is 11.2. The summed E-state index contributed by atoms with van der Waals surface area (Å²) in [6.07, 6.45) is 0. The molecule has 0 aliphatic heterocycles. The number of benzene rings is 2. The lowest BCUT2D eigenvalue weighted by Gasteiger charge is -2.08. The minimum Gasteiger partial charge on any atom is -0.479 e. The van der Waals surface area contributed by atoms with Gasteiger partial charge in [-0.05, 0) is 42.0 Å². The third-order valence-corrected chi connectivity index (χ3v) is 2.86. The first-order valence-electron chi connectivity index (χ1n) is 6.35. The van der Waals surface area contributed by atoms with Crippen LogP contribution in [0.2, 0.25) is 0 Å². The number of carbonyl (C=O) groups is 1. The molecule has 0 bridgehead atoms. The summed E-state index contributed by atoms with van der Waals surface area (Å²) in [4.78, 5) is 10.7. The van der Waals surface area contributed by atoms with E-state index in [4.69, 9.17) is 15.1 Å². The van der Waals surface area contributed by atoms with Crippen molar-refractivity contribution in [2.75, 3.05) is 11.9 Å². The van der Waals surface area contributed by atoms with E-state index in [2.05, 4.69) is 5.32 Å². The molecule has 0 aliphatic rings. The van der Waals surface area contributed by atoms with Crippen molar-refractivity contribution in [1.29, 1.82) is 5.26 Å². The molecular weight excluding hydrogens is 268 g/mol. The standard InChI is InChI=1S/C16H14N2O3/c17-9-10-21-15-7-1-12(2-8-15)11-18-14-5-3-13(4-6-14)16(19)20/h1-8,18H,10-11H2,(H,19,20). The quantitative estimate of drug-likeness (QED) is 0.851. The van der Waals surface area contributed by atoms with Crippen LogP contribution in [0.4, 0.5) is 5.69 Å². The van der Waals surface area contributed by atoms with E-state index >= 15 is 0 Å². The summed E-state index contributed by atoms with van der Waals surface area (Å²) >= 11 is 0. The average Bonchev–Trinajstić information content (AvgIpc) is 2.52. The van der Waals surface area contributed by atoms with Gasteiger partial charge in [-0.25, -0.2) is 4.79 Å². The number of aromatic carboxylic acids is 1. The Hall–Kier alpha value is -3.00. The van der Waals surface area contributed by atoms with Crippen LogP contribution >= 0.6 is 0 Å². The number of hydrogen-bond donors (Lipinski definition) is 2. The lowest BCUT2D eigenvalue weighted by atomic mass is 10.2. The van der Waals surface area contributed by atoms with Gasteiger partial charge in [-0.3, -0.25) is 0 Å². The van der Waals surface area contributed by atoms with E-state index in [0.29, 0.717) is 12.3 Å². The number of rotatable bonds is 6. The molecule has 0 saturated heterocycles. The molecule has 0 spiro atoms. The van der Waals surface area contributed by atoms with Crippen molar-refractivity contribution in [2.24, 2.45) is 0 Å². The predicted octanol–water partition coefficient (Wildman–Crippen LogP) is 2.90. The van der Waals surface area contributed by atoms with Crippen molar-refractivity contribution in [1.82, 2.24) is 0 Å². The molecule has 0 atom stereocenters. The minimum absolute atomic E-state index is 0.0352. The Kier molecular flexibility index (Phi) is 4.78. The van der Waals surface area contributed by atoms with Crippen molar-refractivity contribution in [3.05, 3.63) is 59.7 Å². The molecule has 0 heterocycles. The molecule has 2 aromatic carbocycles. The van der Waals surface area contributed by atoms with Crippen LogP contribution in [0.25, 0.3) is 0 Å². The molecule has 106 valence electrons. The van der Waals surface area contributed by atoms with Crippen LogP contribution in [0.1, 0.15) is 15.9 Å².